The fourth-order valence-corrected chi connectivity index (χ4v) is 4.58. The first kappa shape index (κ1) is 16.5. The van der Waals surface area contributed by atoms with Crippen molar-refractivity contribution in [2.24, 2.45) is 11.3 Å². The standard InChI is InChI=1S/C17H24N4O4/c1-11-6-14(19-18-11)15(22)21-8-12-7-20(13-2-4-25-5-3-13)9-17(12,10-21)16(23)24/h6,12-13H,2-5,7-10H2,1H3,(H,18,19)(H,23,24)/t12-,17-/m1/s1. The molecule has 1 aromatic heterocycles. The molecule has 1 amide bonds. The van der Waals surface area contributed by atoms with Crippen LogP contribution >= 0.6 is 0 Å². The Kier molecular flexibility index (Phi) is 4.04. The van der Waals surface area contributed by atoms with Crippen LogP contribution < -0.4 is 0 Å². The molecule has 0 radical (unpaired) electrons. The van der Waals surface area contributed by atoms with Crippen LogP contribution in [0.3, 0.4) is 0 Å². The average molecular weight is 348 g/mol. The highest BCUT2D eigenvalue weighted by molar-refractivity contribution is 5.93. The second-order valence-electron chi connectivity index (χ2n) is 7.55. The van der Waals surface area contributed by atoms with Crippen molar-refractivity contribution >= 4 is 11.9 Å². The zero-order chi connectivity index (χ0) is 17.6. The number of carbonyl (C=O) groups excluding carboxylic acids is 1. The van der Waals surface area contributed by atoms with E-state index in [-0.39, 0.29) is 18.4 Å². The van der Waals surface area contributed by atoms with Crippen LogP contribution in [0.1, 0.15) is 29.0 Å². The van der Waals surface area contributed by atoms with Crippen LogP contribution in [0.2, 0.25) is 0 Å². The third kappa shape index (κ3) is 2.73. The Morgan fingerprint density at radius 2 is 2.08 bits per heavy atom. The zero-order valence-electron chi connectivity index (χ0n) is 14.4. The van der Waals surface area contributed by atoms with Gasteiger partial charge in [0.1, 0.15) is 11.1 Å². The van der Waals surface area contributed by atoms with E-state index in [0.29, 0.717) is 24.8 Å². The van der Waals surface area contributed by atoms with E-state index in [0.717, 1.165) is 38.3 Å². The number of aromatic amines is 1. The number of ether oxygens (including phenoxy) is 1. The minimum absolute atomic E-state index is 0.0307. The summed E-state index contributed by atoms with van der Waals surface area (Å²) >= 11 is 0. The molecule has 1 aromatic rings. The van der Waals surface area contributed by atoms with E-state index in [1.165, 1.54) is 0 Å². The number of hydrogen-bond donors (Lipinski definition) is 2. The Hall–Kier alpha value is -1.93. The molecule has 8 heteroatoms. The molecule has 3 saturated heterocycles. The molecule has 4 rings (SSSR count). The third-order valence-corrected chi connectivity index (χ3v) is 5.98. The van der Waals surface area contributed by atoms with Crippen molar-refractivity contribution in [3.8, 4) is 0 Å². The van der Waals surface area contributed by atoms with Gasteiger partial charge in [0.05, 0.1) is 0 Å². The van der Waals surface area contributed by atoms with Gasteiger partial charge in [0.25, 0.3) is 5.91 Å². The number of aromatic nitrogens is 2. The van der Waals surface area contributed by atoms with Crippen molar-refractivity contribution in [2.75, 3.05) is 39.4 Å². The van der Waals surface area contributed by atoms with E-state index >= 15 is 0 Å². The summed E-state index contributed by atoms with van der Waals surface area (Å²) in [6.07, 6.45) is 1.91. The van der Waals surface area contributed by atoms with E-state index in [1.807, 2.05) is 6.92 Å². The van der Waals surface area contributed by atoms with Crippen molar-refractivity contribution in [3.63, 3.8) is 0 Å². The molecule has 4 heterocycles. The van der Waals surface area contributed by atoms with Gasteiger partial charge in [0, 0.05) is 57.0 Å². The van der Waals surface area contributed by atoms with Gasteiger partial charge < -0.3 is 14.7 Å². The Morgan fingerprint density at radius 3 is 2.68 bits per heavy atom. The average Bonchev–Trinajstić information content (AvgIpc) is 3.27. The molecule has 2 N–H and O–H groups in total. The van der Waals surface area contributed by atoms with E-state index in [2.05, 4.69) is 15.1 Å². The number of nitrogens with zero attached hydrogens (tertiary/aromatic N) is 3. The fraction of sp³-hybridized carbons (Fsp3) is 0.706. The first-order valence-corrected chi connectivity index (χ1v) is 8.86. The number of fused-ring (bicyclic) bond motifs is 1. The van der Waals surface area contributed by atoms with Gasteiger partial charge in [0.2, 0.25) is 0 Å². The number of H-pyrrole nitrogens is 1. The monoisotopic (exact) mass is 348 g/mol. The van der Waals surface area contributed by atoms with Crippen LogP contribution in [-0.2, 0) is 9.53 Å². The van der Waals surface area contributed by atoms with Crippen molar-refractivity contribution in [3.05, 3.63) is 17.5 Å². The number of likely N-dealkylation sites (tertiary alicyclic amines) is 2. The molecule has 3 fully saturated rings. The van der Waals surface area contributed by atoms with Gasteiger partial charge >= 0.3 is 5.97 Å². The molecular formula is C17H24N4O4. The highest BCUT2D eigenvalue weighted by Crippen LogP contribution is 2.44. The van der Waals surface area contributed by atoms with Crippen LogP contribution in [0.15, 0.2) is 6.07 Å². The molecule has 3 aliphatic rings. The van der Waals surface area contributed by atoms with Crippen molar-refractivity contribution in [2.45, 2.75) is 25.8 Å². The van der Waals surface area contributed by atoms with Crippen LogP contribution in [0.5, 0.6) is 0 Å². The Labute approximate surface area is 146 Å². The number of nitrogens with one attached hydrogen (secondary N) is 1. The molecule has 0 saturated carbocycles. The number of rotatable bonds is 3. The van der Waals surface area contributed by atoms with E-state index < -0.39 is 11.4 Å². The Morgan fingerprint density at radius 1 is 1.32 bits per heavy atom. The predicted molar refractivity (Wildman–Crippen MR) is 88.2 cm³/mol. The molecule has 0 spiro atoms. The molecule has 0 aliphatic carbocycles. The maximum Gasteiger partial charge on any atom is 0.313 e. The highest BCUT2D eigenvalue weighted by Gasteiger charge is 2.59. The zero-order valence-corrected chi connectivity index (χ0v) is 14.4. The van der Waals surface area contributed by atoms with Gasteiger partial charge in [-0.1, -0.05) is 0 Å². The maximum atomic E-state index is 12.7. The lowest BCUT2D eigenvalue weighted by molar-refractivity contribution is -0.148. The van der Waals surface area contributed by atoms with Gasteiger partial charge in [-0.25, -0.2) is 0 Å². The quantitative estimate of drug-likeness (QED) is 0.818. The minimum Gasteiger partial charge on any atom is -0.481 e. The molecule has 3 aliphatic heterocycles. The van der Waals surface area contributed by atoms with Crippen molar-refractivity contribution < 1.29 is 19.4 Å². The fourth-order valence-electron chi connectivity index (χ4n) is 4.58. The summed E-state index contributed by atoms with van der Waals surface area (Å²) in [4.78, 5) is 28.8. The lowest BCUT2D eigenvalue weighted by Crippen LogP contribution is -2.45. The van der Waals surface area contributed by atoms with Crippen LogP contribution in [0, 0.1) is 18.3 Å². The molecular weight excluding hydrogens is 324 g/mol. The van der Waals surface area contributed by atoms with Crippen LogP contribution in [0.25, 0.3) is 0 Å². The molecule has 136 valence electrons. The lowest BCUT2D eigenvalue weighted by atomic mass is 9.81. The van der Waals surface area contributed by atoms with Gasteiger partial charge in [0.15, 0.2) is 0 Å². The lowest BCUT2D eigenvalue weighted by Gasteiger charge is -2.33. The third-order valence-electron chi connectivity index (χ3n) is 5.98. The Balaban J connectivity index is 1.51. The summed E-state index contributed by atoms with van der Waals surface area (Å²) in [5, 5.41) is 16.7. The molecule has 0 bridgehead atoms. The van der Waals surface area contributed by atoms with Crippen LogP contribution in [-0.4, -0.2) is 82.4 Å². The maximum absolute atomic E-state index is 12.7. The molecule has 0 aromatic carbocycles. The Bertz CT molecular complexity index is 684. The van der Waals surface area contributed by atoms with Gasteiger partial charge in [-0.15, -0.1) is 0 Å². The largest absolute Gasteiger partial charge is 0.481 e. The van der Waals surface area contributed by atoms with Gasteiger partial charge in [-0.2, -0.15) is 5.10 Å². The topological polar surface area (TPSA) is 98.8 Å². The van der Waals surface area contributed by atoms with Crippen LogP contribution in [0.4, 0.5) is 0 Å². The van der Waals surface area contributed by atoms with E-state index in [1.54, 1.807) is 11.0 Å². The number of carboxylic acids is 1. The first-order valence-electron chi connectivity index (χ1n) is 8.86. The minimum atomic E-state index is -0.862. The van der Waals surface area contributed by atoms with Gasteiger partial charge in [-0.05, 0) is 25.8 Å². The van der Waals surface area contributed by atoms with E-state index in [9.17, 15) is 14.7 Å². The summed E-state index contributed by atoms with van der Waals surface area (Å²) in [6.45, 7) is 5.33. The molecule has 25 heavy (non-hydrogen) atoms. The van der Waals surface area contributed by atoms with Crippen molar-refractivity contribution in [1.82, 2.24) is 20.0 Å². The molecule has 0 unspecified atom stereocenters. The molecule has 2 atom stereocenters. The number of aliphatic carboxylic acids is 1. The number of carboxylic acid groups (broad SMARTS) is 1. The van der Waals surface area contributed by atoms with Crippen molar-refractivity contribution in [1.29, 1.82) is 0 Å². The van der Waals surface area contributed by atoms with E-state index in [4.69, 9.17) is 4.74 Å². The molecule has 8 nitrogen and oxygen atoms in total. The number of hydrogen-bond acceptors (Lipinski definition) is 5. The normalized spacial score (nSPS) is 30.6. The highest BCUT2D eigenvalue weighted by atomic mass is 16.5. The summed E-state index contributed by atoms with van der Waals surface area (Å²) in [7, 11) is 0. The number of aryl methyl sites for hydroxylation is 1. The SMILES string of the molecule is Cc1cc(C(=O)N2C[C@H]3CN(C4CCOCC4)C[C@@]3(C(=O)O)C2)n[nH]1. The second-order valence-corrected chi connectivity index (χ2v) is 7.55. The summed E-state index contributed by atoms with van der Waals surface area (Å²) in [5.74, 6) is -1.01. The number of carbonyl (C=O) groups is 2. The second kappa shape index (κ2) is 6.10. The smallest absolute Gasteiger partial charge is 0.313 e. The summed E-state index contributed by atoms with van der Waals surface area (Å²) in [6, 6.07) is 2.10. The van der Waals surface area contributed by atoms with Gasteiger partial charge in [-0.3, -0.25) is 19.6 Å². The first-order chi connectivity index (χ1) is 12.0. The summed E-state index contributed by atoms with van der Waals surface area (Å²) < 4.78 is 5.42. The number of amides is 1. The predicted octanol–water partition coefficient (Wildman–Crippen LogP) is 0.356. The summed E-state index contributed by atoms with van der Waals surface area (Å²) in [5.41, 5.74) is 0.319.